The quantitative estimate of drug-likeness (QED) is 0.804. The van der Waals surface area contributed by atoms with Gasteiger partial charge in [-0.2, -0.15) is 0 Å². The molecule has 0 radical (unpaired) electrons. The van der Waals surface area contributed by atoms with E-state index in [0.717, 1.165) is 6.42 Å². The molecule has 0 aliphatic carbocycles. The topological polar surface area (TPSA) is 55.1 Å². The van der Waals surface area contributed by atoms with Gasteiger partial charge >= 0.3 is 0 Å². The van der Waals surface area contributed by atoms with Crippen LogP contribution in [0, 0.1) is 5.41 Å². The molecule has 1 atom stereocenters. The number of rotatable bonds is 7. The van der Waals surface area contributed by atoms with Crippen LogP contribution < -0.4 is 11.1 Å². The predicted octanol–water partition coefficient (Wildman–Crippen LogP) is 2.84. The summed E-state index contributed by atoms with van der Waals surface area (Å²) in [4.78, 5) is 11.3. The molecule has 0 heterocycles. The minimum absolute atomic E-state index is 0.102. The van der Waals surface area contributed by atoms with Gasteiger partial charge in [-0.05, 0) is 38.2 Å². The van der Waals surface area contributed by atoms with E-state index in [4.69, 9.17) is 5.73 Å². The first kappa shape index (κ1) is 16.7. The molecule has 1 aromatic rings. The van der Waals surface area contributed by atoms with Crippen molar-refractivity contribution in [3.05, 3.63) is 35.9 Å². The maximum Gasteiger partial charge on any atom is 0.224 e. The number of benzene rings is 1. The molecule has 0 fully saturated rings. The zero-order chi connectivity index (χ0) is 15.4. The third-order valence-electron chi connectivity index (χ3n) is 3.93. The molecule has 1 unspecified atom stereocenters. The Kier molecular flexibility index (Phi) is 5.35. The molecule has 0 saturated carbocycles. The molecule has 0 aliphatic heterocycles. The van der Waals surface area contributed by atoms with Gasteiger partial charge in [0.15, 0.2) is 0 Å². The summed E-state index contributed by atoms with van der Waals surface area (Å²) in [5, 5.41) is 3.43. The first-order chi connectivity index (χ1) is 9.15. The lowest BCUT2D eigenvalue weighted by Crippen LogP contribution is -2.44. The molecule has 0 saturated heterocycles. The van der Waals surface area contributed by atoms with Gasteiger partial charge < -0.3 is 11.1 Å². The zero-order valence-electron chi connectivity index (χ0n) is 13.4. The summed E-state index contributed by atoms with van der Waals surface area (Å²) in [6.07, 6.45) is 1.01. The smallest absolute Gasteiger partial charge is 0.224 e. The molecule has 0 aromatic heterocycles. The van der Waals surface area contributed by atoms with Gasteiger partial charge in [0, 0.05) is 12.6 Å². The van der Waals surface area contributed by atoms with Crippen LogP contribution in [-0.2, 0) is 10.2 Å². The molecule has 112 valence electrons. The van der Waals surface area contributed by atoms with Crippen LogP contribution >= 0.6 is 0 Å². The van der Waals surface area contributed by atoms with Gasteiger partial charge in [0.2, 0.25) is 5.91 Å². The number of amides is 1. The molecule has 1 amide bonds. The van der Waals surface area contributed by atoms with Gasteiger partial charge in [-0.25, -0.2) is 0 Å². The number of hydrogen-bond donors (Lipinski definition) is 2. The SMILES string of the molecule is CC(CC(C)(C)c1ccccc1)NCC(C)(C)C(N)=O. The van der Waals surface area contributed by atoms with E-state index in [-0.39, 0.29) is 11.3 Å². The number of carbonyl (C=O) groups is 1. The van der Waals surface area contributed by atoms with Crippen LogP contribution in [0.1, 0.15) is 46.6 Å². The van der Waals surface area contributed by atoms with E-state index in [9.17, 15) is 4.79 Å². The van der Waals surface area contributed by atoms with Gasteiger partial charge in [-0.3, -0.25) is 4.79 Å². The summed E-state index contributed by atoms with van der Waals surface area (Å²) >= 11 is 0. The summed E-state index contributed by atoms with van der Waals surface area (Å²) in [6, 6.07) is 10.8. The van der Waals surface area contributed by atoms with Crippen LogP contribution in [0.2, 0.25) is 0 Å². The highest BCUT2D eigenvalue weighted by atomic mass is 16.1. The lowest BCUT2D eigenvalue weighted by molar-refractivity contribution is -0.125. The highest BCUT2D eigenvalue weighted by Crippen LogP contribution is 2.28. The van der Waals surface area contributed by atoms with E-state index in [2.05, 4.69) is 50.4 Å². The first-order valence-corrected chi connectivity index (χ1v) is 7.24. The van der Waals surface area contributed by atoms with Crippen LogP contribution in [0.15, 0.2) is 30.3 Å². The van der Waals surface area contributed by atoms with E-state index in [1.54, 1.807) is 0 Å². The van der Waals surface area contributed by atoms with Crippen molar-refractivity contribution < 1.29 is 4.79 Å². The Labute approximate surface area is 122 Å². The molecule has 0 bridgehead atoms. The third-order valence-corrected chi connectivity index (χ3v) is 3.93. The van der Waals surface area contributed by atoms with Crippen LogP contribution in [0.4, 0.5) is 0 Å². The van der Waals surface area contributed by atoms with Gasteiger partial charge in [-0.1, -0.05) is 44.2 Å². The average Bonchev–Trinajstić information content (AvgIpc) is 2.37. The summed E-state index contributed by atoms with van der Waals surface area (Å²) in [6.45, 7) is 11.0. The molecular formula is C17H28N2O. The van der Waals surface area contributed by atoms with Gasteiger partial charge in [0.25, 0.3) is 0 Å². The average molecular weight is 276 g/mol. The normalized spacial score (nSPS) is 14.1. The Hall–Kier alpha value is -1.35. The van der Waals surface area contributed by atoms with Gasteiger partial charge in [0.05, 0.1) is 5.41 Å². The monoisotopic (exact) mass is 276 g/mol. The fourth-order valence-electron chi connectivity index (χ4n) is 2.36. The van der Waals surface area contributed by atoms with E-state index in [0.29, 0.717) is 12.6 Å². The number of carbonyl (C=O) groups excluding carboxylic acids is 1. The number of nitrogens with one attached hydrogen (secondary N) is 1. The summed E-state index contributed by atoms with van der Waals surface area (Å²) in [7, 11) is 0. The van der Waals surface area contributed by atoms with Crippen LogP contribution in [0.25, 0.3) is 0 Å². The second-order valence-electron chi connectivity index (χ2n) is 6.98. The molecule has 3 heteroatoms. The molecule has 20 heavy (non-hydrogen) atoms. The maximum absolute atomic E-state index is 11.3. The highest BCUT2D eigenvalue weighted by molar-refractivity contribution is 5.80. The standard InChI is InChI=1S/C17H28N2O/c1-13(19-12-17(4,5)15(18)20)11-16(2,3)14-9-7-6-8-10-14/h6-10,13,19H,11-12H2,1-5H3,(H2,18,20). The number of primary amides is 1. The summed E-state index contributed by atoms with van der Waals surface area (Å²) < 4.78 is 0. The first-order valence-electron chi connectivity index (χ1n) is 7.24. The number of hydrogen-bond acceptors (Lipinski definition) is 2. The Morgan fingerprint density at radius 1 is 1.20 bits per heavy atom. The van der Waals surface area contributed by atoms with Crippen LogP contribution in [0.3, 0.4) is 0 Å². The maximum atomic E-state index is 11.3. The largest absolute Gasteiger partial charge is 0.369 e. The highest BCUT2D eigenvalue weighted by Gasteiger charge is 2.27. The molecule has 3 N–H and O–H groups in total. The lowest BCUT2D eigenvalue weighted by Gasteiger charge is -2.31. The van der Waals surface area contributed by atoms with E-state index in [1.165, 1.54) is 5.56 Å². The fraction of sp³-hybridized carbons (Fsp3) is 0.588. The molecule has 0 aliphatic rings. The van der Waals surface area contributed by atoms with E-state index < -0.39 is 5.41 Å². The molecular weight excluding hydrogens is 248 g/mol. The molecule has 1 rings (SSSR count). The van der Waals surface area contributed by atoms with Crippen molar-refractivity contribution in [3.63, 3.8) is 0 Å². The molecule has 1 aromatic carbocycles. The Morgan fingerprint density at radius 3 is 2.25 bits per heavy atom. The number of nitrogens with two attached hydrogens (primary N) is 1. The van der Waals surface area contributed by atoms with Crippen molar-refractivity contribution in [3.8, 4) is 0 Å². The van der Waals surface area contributed by atoms with Crippen LogP contribution in [0.5, 0.6) is 0 Å². The Bertz CT molecular complexity index is 438. The van der Waals surface area contributed by atoms with Crippen molar-refractivity contribution >= 4 is 5.91 Å². The third kappa shape index (κ3) is 4.64. The fourth-order valence-corrected chi connectivity index (χ4v) is 2.36. The van der Waals surface area contributed by atoms with Gasteiger partial charge in [-0.15, -0.1) is 0 Å². The van der Waals surface area contributed by atoms with Gasteiger partial charge in [0.1, 0.15) is 0 Å². The lowest BCUT2D eigenvalue weighted by atomic mass is 9.79. The zero-order valence-corrected chi connectivity index (χ0v) is 13.4. The Balaban J connectivity index is 2.58. The summed E-state index contributed by atoms with van der Waals surface area (Å²) in [5.41, 5.74) is 6.32. The molecule has 3 nitrogen and oxygen atoms in total. The summed E-state index contributed by atoms with van der Waals surface area (Å²) in [5.74, 6) is -0.264. The van der Waals surface area contributed by atoms with E-state index in [1.807, 2.05) is 19.9 Å². The van der Waals surface area contributed by atoms with Crippen molar-refractivity contribution in [1.82, 2.24) is 5.32 Å². The van der Waals surface area contributed by atoms with Crippen molar-refractivity contribution in [2.75, 3.05) is 6.54 Å². The predicted molar refractivity (Wildman–Crippen MR) is 84.5 cm³/mol. The minimum atomic E-state index is -0.509. The van der Waals surface area contributed by atoms with E-state index >= 15 is 0 Å². The second kappa shape index (κ2) is 6.40. The minimum Gasteiger partial charge on any atom is -0.369 e. The van der Waals surface area contributed by atoms with Crippen molar-refractivity contribution in [2.45, 2.75) is 52.5 Å². The van der Waals surface area contributed by atoms with Crippen molar-refractivity contribution in [2.24, 2.45) is 11.1 Å². The second-order valence-corrected chi connectivity index (χ2v) is 6.98. The molecule has 0 spiro atoms. The van der Waals surface area contributed by atoms with Crippen molar-refractivity contribution in [1.29, 1.82) is 0 Å². The Morgan fingerprint density at radius 2 is 1.75 bits per heavy atom. The van der Waals surface area contributed by atoms with Crippen LogP contribution in [-0.4, -0.2) is 18.5 Å².